The van der Waals surface area contributed by atoms with Crippen LogP contribution in [0, 0.1) is 0 Å². The first kappa shape index (κ1) is 15.2. The molecule has 1 aromatic carbocycles. The minimum Gasteiger partial charge on any atom is -0.355 e. The summed E-state index contributed by atoms with van der Waals surface area (Å²) in [6.07, 6.45) is 1.23. The fourth-order valence-electron chi connectivity index (χ4n) is 1.84. The Hall–Kier alpha value is -3.16. The quantitative estimate of drug-likeness (QED) is 0.709. The molecule has 0 atom stereocenters. The van der Waals surface area contributed by atoms with Gasteiger partial charge in [0.15, 0.2) is 0 Å². The van der Waals surface area contributed by atoms with E-state index in [-0.39, 0.29) is 12.5 Å². The molecule has 8 nitrogen and oxygen atoms in total. The summed E-state index contributed by atoms with van der Waals surface area (Å²) in [5, 5.41) is 5.04. The Kier molecular flexibility index (Phi) is 4.52. The van der Waals surface area contributed by atoms with Gasteiger partial charge in [0.1, 0.15) is 6.54 Å². The lowest BCUT2D eigenvalue weighted by Gasteiger charge is -2.10. The maximum atomic E-state index is 12.0. The van der Waals surface area contributed by atoms with Crippen LogP contribution in [0.25, 0.3) is 0 Å². The van der Waals surface area contributed by atoms with E-state index in [9.17, 15) is 19.2 Å². The second-order valence-corrected chi connectivity index (χ2v) is 4.41. The smallest absolute Gasteiger partial charge is 0.328 e. The molecular formula is C14H14N4O4. The molecule has 1 heterocycles. The molecule has 0 aliphatic heterocycles. The van der Waals surface area contributed by atoms with Gasteiger partial charge in [0.2, 0.25) is 5.91 Å². The Labute approximate surface area is 124 Å². The molecule has 8 heteroatoms. The highest BCUT2D eigenvalue weighted by Crippen LogP contribution is 2.14. The van der Waals surface area contributed by atoms with Gasteiger partial charge in [-0.2, -0.15) is 0 Å². The maximum Gasteiger partial charge on any atom is 0.328 e. The molecule has 0 saturated carbocycles. The SMILES string of the molecule is CNC(=O)c1ccccc1NC(=O)Cn1ccc(=O)[nH]c1=O. The summed E-state index contributed by atoms with van der Waals surface area (Å²) in [6.45, 7) is -0.280. The topological polar surface area (TPSA) is 113 Å². The number of rotatable bonds is 4. The average molecular weight is 302 g/mol. The van der Waals surface area contributed by atoms with Gasteiger partial charge < -0.3 is 10.6 Å². The van der Waals surface area contributed by atoms with Crippen LogP contribution in [0.2, 0.25) is 0 Å². The molecule has 0 bridgehead atoms. The van der Waals surface area contributed by atoms with E-state index in [4.69, 9.17) is 0 Å². The van der Waals surface area contributed by atoms with Gasteiger partial charge in [-0.25, -0.2) is 4.79 Å². The first-order chi connectivity index (χ1) is 10.5. The number of H-pyrrole nitrogens is 1. The molecule has 0 radical (unpaired) electrons. The summed E-state index contributed by atoms with van der Waals surface area (Å²) in [6, 6.07) is 7.65. The summed E-state index contributed by atoms with van der Waals surface area (Å²) in [4.78, 5) is 48.2. The third kappa shape index (κ3) is 3.48. The number of aromatic amines is 1. The Bertz CT molecular complexity index is 822. The van der Waals surface area contributed by atoms with E-state index in [0.29, 0.717) is 11.3 Å². The van der Waals surface area contributed by atoms with Crippen molar-refractivity contribution in [2.24, 2.45) is 0 Å². The van der Waals surface area contributed by atoms with Gasteiger partial charge in [-0.1, -0.05) is 12.1 Å². The maximum absolute atomic E-state index is 12.0. The fraction of sp³-hybridized carbons (Fsp3) is 0.143. The third-order valence-electron chi connectivity index (χ3n) is 2.88. The lowest BCUT2D eigenvalue weighted by Crippen LogP contribution is -2.33. The largest absolute Gasteiger partial charge is 0.355 e. The summed E-state index contributed by atoms with van der Waals surface area (Å²) in [5.41, 5.74) is -0.564. The molecule has 0 unspecified atom stereocenters. The number of hydrogen-bond acceptors (Lipinski definition) is 4. The minimum absolute atomic E-state index is 0.280. The Morgan fingerprint density at radius 2 is 1.91 bits per heavy atom. The molecular weight excluding hydrogens is 288 g/mol. The van der Waals surface area contributed by atoms with Gasteiger partial charge in [-0.05, 0) is 12.1 Å². The van der Waals surface area contributed by atoms with Crippen LogP contribution in [-0.4, -0.2) is 28.4 Å². The standard InChI is InChI=1S/C14H14N4O4/c1-15-13(21)9-4-2-3-5-10(9)16-12(20)8-18-7-6-11(19)17-14(18)22/h2-7H,8H2,1H3,(H,15,21)(H,16,20)(H,17,19,22). The average Bonchev–Trinajstić information content (AvgIpc) is 2.50. The third-order valence-corrected chi connectivity index (χ3v) is 2.88. The van der Waals surface area contributed by atoms with E-state index in [0.717, 1.165) is 10.6 Å². The van der Waals surface area contributed by atoms with E-state index in [1.807, 2.05) is 0 Å². The summed E-state index contributed by atoms with van der Waals surface area (Å²) in [5.74, 6) is -0.831. The van der Waals surface area contributed by atoms with E-state index in [2.05, 4.69) is 15.6 Å². The van der Waals surface area contributed by atoms with Gasteiger partial charge in [0.05, 0.1) is 11.3 Å². The van der Waals surface area contributed by atoms with Crippen molar-refractivity contribution >= 4 is 17.5 Å². The van der Waals surface area contributed by atoms with Crippen molar-refractivity contribution in [3.8, 4) is 0 Å². The molecule has 0 aliphatic carbocycles. The van der Waals surface area contributed by atoms with E-state index >= 15 is 0 Å². The number of nitrogens with one attached hydrogen (secondary N) is 3. The number of nitrogens with zero attached hydrogens (tertiary/aromatic N) is 1. The molecule has 3 N–H and O–H groups in total. The summed E-state index contributed by atoms with van der Waals surface area (Å²) >= 11 is 0. The highest BCUT2D eigenvalue weighted by molar-refractivity contribution is 6.03. The molecule has 0 spiro atoms. The Morgan fingerprint density at radius 1 is 1.18 bits per heavy atom. The van der Waals surface area contributed by atoms with Crippen molar-refractivity contribution in [1.82, 2.24) is 14.9 Å². The van der Waals surface area contributed by atoms with Crippen LogP contribution in [0.3, 0.4) is 0 Å². The highest BCUT2D eigenvalue weighted by atomic mass is 16.2. The van der Waals surface area contributed by atoms with Gasteiger partial charge in [0.25, 0.3) is 11.5 Å². The van der Waals surface area contributed by atoms with Crippen molar-refractivity contribution in [3.05, 3.63) is 62.9 Å². The monoisotopic (exact) mass is 302 g/mol. The zero-order chi connectivity index (χ0) is 16.1. The molecule has 0 fully saturated rings. The van der Waals surface area contributed by atoms with Crippen LogP contribution in [0.4, 0.5) is 5.69 Å². The van der Waals surface area contributed by atoms with Crippen LogP contribution in [0.5, 0.6) is 0 Å². The first-order valence-electron chi connectivity index (χ1n) is 6.42. The minimum atomic E-state index is -0.678. The van der Waals surface area contributed by atoms with Gasteiger partial charge >= 0.3 is 5.69 Å². The van der Waals surface area contributed by atoms with Crippen LogP contribution in [0.15, 0.2) is 46.1 Å². The van der Waals surface area contributed by atoms with Crippen molar-refractivity contribution in [3.63, 3.8) is 0 Å². The molecule has 2 aromatic rings. The second kappa shape index (κ2) is 6.53. The van der Waals surface area contributed by atoms with Crippen LogP contribution < -0.4 is 21.9 Å². The zero-order valence-electron chi connectivity index (χ0n) is 11.8. The predicted octanol–water partition coefficient (Wildman–Crippen LogP) is -0.465. The molecule has 1 aromatic heterocycles. The number of benzene rings is 1. The zero-order valence-corrected chi connectivity index (χ0v) is 11.8. The highest BCUT2D eigenvalue weighted by Gasteiger charge is 2.12. The van der Waals surface area contributed by atoms with Crippen molar-refractivity contribution in [1.29, 1.82) is 0 Å². The normalized spacial score (nSPS) is 10.0. The Balaban J connectivity index is 2.18. The van der Waals surface area contributed by atoms with Crippen molar-refractivity contribution < 1.29 is 9.59 Å². The number of para-hydroxylation sites is 1. The second-order valence-electron chi connectivity index (χ2n) is 4.41. The van der Waals surface area contributed by atoms with Crippen LogP contribution in [0.1, 0.15) is 10.4 Å². The lowest BCUT2D eigenvalue weighted by atomic mass is 10.1. The van der Waals surface area contributed by atoms with Gasteiger partial charge in [-0.3, -0.25) is 23.9 Å². The van der Waals surface area contributed by atoms with Crippen molar-refractivity contribution in [2.75, 3.05) is 12.4 Å². The lowest BCUT2D eigenvalue weighted by molar-refractivity contribution is -0.116. The molecule has 0 saturated heterocycles. The molecule has 2 rings (SSSR count). The first-order valence-corrected chi connectivity index (χ1v) is 6.42. The van der Waals surface area contributed by atoms with E-state index < -0.39 is 17.2 Å². The molecule has 114 valence electrons. The summed E-state index contributed by atoms with van der Waals surface area (Å²) in [7, 11) is 1.49. The van der Waals surface area contributed by atoms with Crippen LogP contribution >= 0.6 is 0 Å². The van der Waals surface area contributed by atoms with E-state index in [1.54, 1.807) is 24.3 Å². The number of amides is 2. The molecule has 22 heavy (non-hydrogen) atoms. The van der Waals surface area contributed by atoms with E-state index in [1.165, 1.54) is 13.2 Å². The van der Waals surface area contributed by atoms with Gasteiger partial charge in [-0.15, -0.1) is 0 Å². The molecule has 2 amide bonds. The van der Waals surface area contributed by atoms with Crippen LogP contribution in [-0.2, 0) is 11.3 Å². The number of carbonyl (C=O) groups excluding carboxylic acids is 2. The summed E-state index contributed by atoms with van der Waals surface area (Å²) < 4.78 is 1.05. The number of anilines is 1. The predicted molar refractivity (Wildman–Crippen MR) is 79.8 cm³/mol. The number of aromatic nitrogens is 2. The molecule has 0 aliphatic rings. The fourth-order valence-corrected chi connectivity index (χ4v) is 1.84. The van der Waals surface area contributed by atoms with Crippen molar-refractivity contribution in [2.45, 2.75) is 6.54 Å². The van der Waals surface area contributed by atoms with Gasteiger partial charge in [0, 0.05) is 19.3 Å². The Morgan fingerprint density at radius 3 is 2.59 bits per heavy atom. The number of hydrogen-bond donors (Lipinski definition) is 3. The number of carbonyl (C=O) groups is 2.